The summed E-state index contributed by atoms with van der Waals surface area (Å²) in [6.45, 7) is 0.815. The van der Waals surface area contributed by atoms with Gasteiger partial charge in [0.2, 0.25) is 0 Å². The summed E-state index contributed by atoms with van der Waals surface area (Å²) < 4.78 is 36.6. The van der Waals surface area contributed by atoms with Crippen LogP contribution in [0.5, 0.6) is 5.75 Å². The monoisotopic (exact) mass is 363 g/mol. The molecule has 0 aromatic heterocycles. The van der Waals surface area contributed by atoms with Crippen molar-refractivity contribution < 1.29 is 32.6 Å². The van der Waals surface area contributed by atoms with Gasteiger partial charge in [-0.25, -0.2) is 13.6 Å². The first-order chi connectivity index (χ1) is 12.4. The Labute approximate surface area is 147 Å². The highest BCUT2D eigenvalue weighted by Crippen LogP contribution is 2.16. The summed E-state index contributed by atoms with van der Waals surface area (Å²) in [4.78, 5) is 34.2. The fraction of sp³-hybridized carbons (Fsp3) is 0.167. The second kappa shape index (κ2) is 8.70. The number of nitrogens with one attached hydrogen (secondary N) is 1. The Morgan fingerprint density at radius 1 is 1.15 bits per heavy atom. The molecule has 0 aliphatic rings. The minimum absolute atomic E-state index is 0.339. The fourth-order valence-electron chi connectivity index (χ4n) is 1.90. The van der Waals surface area contributed by atoms with Crippen molar-refractivity contribution in [2.45, 2.75) is 13.0 Å². The number of ether oxygens (including phenoxy) is 2. The molecule has 0 unspecified atom stereocenters. The van der Waals surface area contributed by atoms with Crippen LogP contribution in [0.4, 0.5) is 14.5 Å². The van der Waals surface area contributed by atoms with E-state index in [1.54, 1.807) is 0 Å². The molecule has 2 aromatic carbocycles. The lowest BCUT2D eigenvalue weighted by Gasteiger charge is -2.14. The van der Waals surface area contributed by atoms with Crippen molar-refractivity contribution in [2.75, 3.05) is 11.9 Å². The van der Waals surface area contributed by atoms with E-state index in [4.69, 9.17) is 9.47 Å². The van der Waals surface area contributed by atoms with Gasteiger partial charge < -0.3 is 14.8 Å². The van der Waals surface area contributed by atoms with Crippen LogP contribution in [0.15, 0.2) is 42.5 Å². The van der Waals surface area contributed by atoms with Crippen LogP contribution < -0.4 is 10.1 Å². The maximum absolute atomic E-state index is 13.5. The molecule has 26 heavy (non-hydrogen) atoms. The van der Waals surface area contributed by atoms with Crippen molar-refractivity contribution >= 4 is 23.9 Å². The number of carbonyl (C=O) groups excluding carboxylic acids is 3. The number of amides is 1. The summed E-state index contributed by atoms with van der Waals surface area (Å²) in [6.07, 6.45) is -0.578. The zero-order valence-electron chi connectivity index (χ0n) is 13.7. The molecule has 0 spiro atoms. The van der Waals surface area contributed by atoms with Gasteiger partial charge in [0, 0.05) is 11.6 Å². The van der Waals surface area contributed by atoms with Crippen molar-refractivity contribution in [2.24, 2.45) is 0 Å². The first-order valence-corrected chi connectivity index (χ1v) is 7.52. The number of hydrogen-bond donors (Lipinski definition) is 1. The molecule has 0 radical (unpaired) electrons. The van der Waals surface area contributed by atoms with E-state index in [1.807, 2.05) is 0 Å². The summed E-state index contributed by atoms with van der Waals surface area (Å²) in [7, 11) is 0. The molecule has 0 saturated carbocycles. The first-order valence-electron chi connectivity index (χ1n) is 7.52. The van der Waals surface area contributed by atoms with Gasteiger partial charge in [-0.05, 0) is 43.3 Å². The molecule has 0 aliphatic carbocycles. The number of carbonyl (C=O) groups is 3. The Morgan fingerprint density at radius 2 is 1.85 bits per heavy atom. The van der Waals surface area contributed by atoms with Gasteiger partial charge in [0.25, 0.3) is 5.91 Å². The summed E-state index contributed by atoms with van der Waals surface area (Å²) in [5.41, 5.74) is 0.0965. The van der Waals surface area contributed by atoms with Gasteiger partial charge in [0.05, 0.1) is 5.69 Å². The van der Waals surface area contributed by atoms with Crippen LogP contribution in [0.2, 0.25) is 0 Å². The van der Waals surface area contributed by atoms with Crippen molar-refractivity contribution in [1.29, 1.82) is 0 Å². The molecule has 0 aliphatic heterocycles. The van der Waals surface area contributed by atoms with Gasteiger partial charge in [-0.3, -0.25) is 9.59 Å². The zero-order chi connectivity index (χ0) is 19.1. The zero-order valence-corrected chi connectivity index (χ0v) is 13.7. The van der Waals surface area contributed by atoms with Gasteiger partial charge in [0.1, 0.15) is 23.7 Å². The quantitative estimate of drug-likeness (QED) is 0.604. The van der Waals surface area contributed by atoms with E-state index in [9.17, 15) is 23.2 Å². The molecule has 8 heteroatoms. The summed E-state index contributed by atoms with van der Waals surface area (Å²) >= 11 is 0. The highest BCUT2D eigenvalue weighted by molar-refractivity contribution is 5.95. The third-order valence-electron chi connectivity index (χ3n) is 3.24. The predicted molar refractivity (Wildman–Crippen MR) is 87.9 cm³/mol. The van der Waals surface area contributed by atoms with Gasteiger partial charge >= 0.3 is 5.97 Å². The summed E-state index contributed by atoms with van der Waals surface area (Å²) in [6, 6.07) is 8.61. The Morgan fingerprint density at radius 3 is 2.50 bits per heavy atom. The molecule has 1 atom stereocenters. The number of hydrogen-bond acceptors (Lipinski definition) is 5. The highest BCUT2D eigenvalue weighted by atomic mass is 19.1. The van der Waals surface area contributed by atoms with E-state index in [0.29, 0.717) is 17.6 Å². The largest absolute Gasteiger partial charge is 0.482 e. The predicted octanol–water partition coefficient (Wildman–Crippen LogP) is 2.73. The number of benzene rings is 2. The molecular weight excluding hydrogens is 348 g/mol. The maximum atomic E-state index is 13.5. The van der Waals surface area contributed by atoms with Crippen LogP contribution in [0.1, 0.15) is 17.3 Å². The third-order valence-corrected chi connectivity index (χ3v) is 3.24. The second-order valence-electron chi connectivity index (χ2n) is 5.22. The number of aldehydes is 1. The minimum Gasteiger partial charge on any atom is -0.482 e. The smallest absolute Gasteiger partial charge is 0.344 e. The normalized spacial score (nSPS) is 11.3. The van der Waals surface area contributed by atoms with Crippen molar-refractivity contribution in [1.82, 2.24) is 0 Å². The molecule has 0 heterocycles. The molecule has 1 N–H and O–H groups in total. The maximum Gasteiger partial charge on any atom is 0.344 e. The van der Waals surface area contributed by atoms with Crippen LogP contribution >= 0.6 is 0 Å². The SMILES string of the molecule is C[C@H](OC(=O)COc1ccc(C=O)cc1)C(=O)Nc1cc(F)ccc1F. The lowest BCUT2D eigenvalue weighted by molar-refractivity contribution is -0.155. The van der Waals surface area contributed by atoms with E-state index in [2.05, 4.69) is 5.32 Å². The lowest BCUT2D eigenvalue weighted by atomic mass is 10.2. The second-order valence-corrected chi connectivity index (χ2v) is 5.22. The van der Waals surface area contributed by atoms with E-state index < -0.39 is 36.2 Å². The number of rotatable bonds is 7. The van der Waals surface area contributed by atoms with Gasteiger partial charge in [0.15, 0.2) is 12.7 Å². The molecule has 6 nitrogen and oxygen atoms in total. The molecular formula is C18H15F2NO5. The Balaban J connectivity index is 1.84. The summed E-state index contributed by atoms with van der Waals surface area (Å²) in [5.74, 6) is -2.85. The Kier molecular flexibility index (Phi) is 6.37. The minimum atomic E-state index is -1.24. The van der Waals surface area contributed by atoms with Crippen molar-refractivity contribution in [3.63, 3.8) is 0 Å². The van der Waals surface area contributed by atoms with Crippen LogP contribution in [-0.2, 0) is 14.3 Å². The molecule has 0 saturated heterocycles. The molecule has 0 fully saturated rings. The van der Waals surface area contributed by atoms with Crippen molar-refractivity contribution in [3.05, 3.63) is 59.7 Å². The number of esters is 1. The first kappa shape index (κ1) is 19.0. The van der Waals surface area contributed by atoms with E-state index >= 15 is 0 Å². The molecule has 1 amide bonds. The van der Waals surface area contributed by atoms with Gasteiger partial charge in [-0.15, -0.1) is 0 Å². The van der Waals surface area contributed by atoms with E-state index in [-0.39, 0.29) is 5.69 Å². The average molecular weight is 363 g/mol. The van der Waals surface area contributed by atoms with E-state index in [0.717, 1.165) is 18.2 Å². The molecule has 0 bridgehead atoms. The van der Waals surface area contributed by atoms with Crippen LogP contribution in [0, 0.1) is 11.6 Å². The fourth-order valence-corrected chi connectivity index (χ4v) is 1.90. The molecule has 2 aromatic rings. The number of halogens is 2. The van der Waals surface area contributed by atoms with Crippen LogP contribution in [-0.4, -0.2) is 30.9 Å². The molecule has 136 valence electrons. The topological polar surface area (TPSA) is 81.7 Å². The Hall–Kier alpha value is -3.29. The molecule has 2 rings (SSSR count). The third kappa shape index (κ3) is 5.37. The van der Waals surface area contributed by atoms with Gasteiger partial charge in [-0.1, -0.05) is 0 Å². The van der Waals surface area contributed by atoms with Gasteiger partial charge in [-0.2, -0.15) is 0 Å². The lowest BCUT2D eigenvalue weighted by Crippen LogP contribution is -2.32. The summed E-state index contributed by atoms with van der Waals surface area (Å²) in [5, 5.41) is 2.14. The van der Waals surface area contributed by atoms with Crippen LogP contribution in [0.25, 0.3) is 0 Å². The van der Waals surface area contributed by atoms with Crippen molar-refractivity contribution in [3.8, 4) is 5.75 Å². The Bertz CT molecular complexity index is 808. The average Bonchev–Trinajstić information content (AvgIpc) is 2.63. The van der Waals surface area contributed by atoms with E-state index in [1.165, 1.54) is 31.2 Å². The standard InChI is InChI=1S/C18H15F2NO5/c1-11(18(24)21-16-8-13(19)4-7-15(16)20)26-17(23)10-25-14-5-2-12(9-22)3-6-14/h2-9,11H,10H2,1H3,(H,21,24)/t11-/m0/s1. The van der Waals surface area contributed by atoms with Crippen LogP contribution in [0.3, 0.4) is 0 Å². The number of anilines is 1. The highest BCUT2D eigenvalue weighted by Gasteiger charge is 2.19.